The fraction of sp³-hybridized carbons (Fsp3) is 0.500. The van der Waals surface area contributed by atoms with E-state index in [-0.39, 0.29) is 17.9 Å². The van der Waals surface area contributed by atoms with Crippen LogP contribution >= 0.6 is 0 Å². The standard InChI is InChI=1S/C16H23NO4/c1-2-3-11-21-12-10-17-15(18)9-8-13-6-4-5-7-14(13)16(19)20/h4-7H,2-3,8-12H2,1H3,(H,17,18)(H,19,20). The second-order valence-corrected chi connectivity index (χ2v) is 4.78. The van der Waals surface area contributed by atoms with Crippen molar-refractivity contribution < 1.29 is 19.4 Å². The molecule has 0 aromatic heterocycles. The van der Waals surface area contributed by atoms with Gasteiger partial charge in [0.15, 0.2) is 0 Å². The number of carboxylic acid groups (broad SMARTS) is 1. The van der Waals surface area contributed by atoms with Crippen molar-refractivity contribution in [1.29, 1.82) is 0 Å². The third-order valence-corrected chi connectivity index (χ3v) is 3.08. The van der Waals surface area contributed by atoms with Gasteiger partial charge in [-0.1, -0.05) is 31.5 Å². The van der Waals surface area contributed by atoms with Gasteiger partial charge in [0.1, 0.15) is 0 Å². The van der Waals surface area contributed by atoms with E-state index in [1.807, 2.05) is 0 Å². The first-order chi connectivity index (χ1) is 10.1. The molecule has 0 aliphatic rings. The average Bonchev–Trinajstić information content (AvgIpc) is 2.49. The van der Waals surface area contributed by atoms with Gasteiger partial charge in [-0.3, -0.25) is 4.79 Å². The van der Waals surface area contributed by atoms with Crippen LogP contribution < -0.4 is 5.32 Å². The number of aryl methyl sites for hydroxylation is 1. The summed E-state index contributed by atoms with van der Waals surface area (Å²) in [6.07, 6.45) is 2.82. The second-order valence-electron chi connectivity index (χ2n) is 4.78. The first-order valence-electron chi connectivity index (χ1n) is 7.30. The minimum absolute atomic E-state index is 0.0886. The van der Waals surface area contributed by atoms with E-state index in [9.17, 15) is 9.59 Å². The van der Waals surface area contributed by atoms with E-state index < -0.39 is 5.97 Å². The summed E-state index contributed by atoms with van der Waals surface area (Å²) in [5.41, 5.74) is 0.938. The Balaban J connectivity index is 2.26. The van der Waals surface area contributed by atoms with Crippen LogP contribution in [0.3, 0.4) is 0 Å². The van der Waals surface area contributed by atoms with Crippen molar-refractivity contribution in [2.75, 3.05) is 19.8 Å². The minimum Gasteiger partial charge on any atom is -0.478 e. The lowest BCUT2D eigenvalue weighted by Crippen LogP contribution is -2.27. The summed E-state index contributed by atoms with van der Waals surface area (Å²) in [7, 11) is 0. The lowest BCUT2D eigenvalue weighted by atomic mass is 10.0. The molecule has 0 aliphatic heterocycles. The van der Waals surface area contributed by atoms with Crippen LogP contribution in [0, 0.1) is 0 Å². The molecule has 116 valence electrons. The Labute approximate surface area is 125 Å². The zero-order chi connectivity index (χ0) is 15.5. The van der Waals surface area contributed by atoms with Gasteiger partial charge >= 0.3 is 5.97 Å². The van der Waals surface area contributed by atoms with Crippen LogP contribution in [0.15, 0.2) is 24.3 Å². The van der Waals surface area contributed by atoms with Crippen molar-refractivity contribution in [3.05, 3.63) is 35.4 Å². The molecule has 5 heteroatoms. The van der Waals surface area contributed by atoms with Crippen LogP contribution in [-0.2, 0) is 16.0 Å². The van der Waals surface area contributed by atoms with Crippen molar-refractivity contribution in [3.63, 3.8) is 0 Å². The van der Waals surface area contributed by atoms with Crippen LogP contribution in [0.1, 0.15) is 42.1 Å². The number of carbonyl (C=O) groups is 2. The quantitative estimate of drug-likeness (QED) is 0.649. The molecule has 0 bridgehead atoms. The molecule has 0 fully saturated rings. The predicted molar refractivity (Wildman–Crippen MR) is 80.5 cm³/mol. The molecule has 1 rings (SSSR count). The summed E-state index contributed by atoms with van der Waals surface area (Å²) in [5, 5.41) is 11.8. The van der Waals surface area contributed by atoms with E-state index in [4.69, 9.17) is 9.84 Å². The lowest BCUT2D eigenvalue weighted by molar-refractivity contribution is -0.121. The van der Waals surface area contributed by atoms with Crippen molar-refractivity contribution in [3.8, 4) is 0 Å². The summed E-state index contributed by atoms with van der Waals surface area (Å²) in [6, 6.07) is 6.75. The third kappa shape index (κ3) is 6.90. The molecular weight excluding hydrogens is 270 g/mol. The summed E-state index contributed by atoms with van der Waals surface area (Å²) in [5.74, 6) is -1.05. The van der Waals surface area contributed by atoms with E-state index in [1.165, 1.54) is 0 Å². The second kappa shape index (κ2) is 9.94. The fourth-order valence-corrected chi connectivity index (χ4v) is 1.89. The fourth-order valence-electron chi connectivity index (χ4n) is 1.89. The van der Waals surface area contributed by atoms with E-state index >= 15 is 0 Å². The molecule has 0 spiro atoms. The smallest absolute Gasteiger partial charge is 0.335 e. The number of ether oxygens (including phenoxy) is 1. The summed E-state index contributed by atoms with van der Waals surface area (Å²) >= 11 is 0. The highest BCUT2D eigenvalue weighted by Gasteiger charge is 2.10. The highest BCUT2D eigenvalue weighted by Crippen LogP contribution is 2.11. The molecule has 5 nitrogen and oxygen atoms in total. The maximum atomic E-state index is 11.7. The summed E-state index contributed by atoms with van der Waals surface area (Å²) in [4.78, 5) is 22.7. The molecule has 1 amide bonds. The van der Waals surface area contributed by atoms with E-state index in [2.05, 4.69) is 12.2 Å². The zero-order valence-electron chi connectivity index (χ0n) is 12.4. The Hall–Kier alpha value is -1.88. The molecule has 1 aromatic carbocycles. The van der Waals surface area contributed by atoms with E-state index in [0.717, 1.165) is 19.4 Å². The van der Waals surface area contributed by atoms with Crippen molar-refractivity contribution in [1.82, 2.24) is 5.32 Å². The van der Waals surface area contributed by atoms with Gasteiger partial charge in [0.2, 0.25) is 5.91 Å². The van der Waals surface area contributed by atoms with Gasteiger partial charge in [0, 0.05) is 19.6 Å². The largest absolute Gasteiger partial charge is 0.478 e. The monoisotopic (exact) mass is 293 g/mol. The van der Waals surface area contributed by atoms with Crippen molar-refractivity contribution >= 4 is 11.9 Å². The van der Waals surface area contributed by atoms with Crippen LogP contribution in [0.5, 0.6) is 0 Å². The first kappa shape index (κ1) is 17.2. The topological polar surface area (TPSA) is 75.6 Å². The maximum Gasteiger partial charge on any atom is 0.335 e. The molecule has 0 heterocycles. The number of carboxylic acids is 1. The Morgan fingerprint density at radius 2 is 2.00 bits per heavy atom. The SMILES string of the molecule is CCCCOCCNC(=O)CCc1ccccc1C(=O)O. The van der Waals surface area contributed by atoms with Gasteiger partial charge in [-0.25, -0.2) is 4.79 Å². The molecule has 0 radical (unpaired) electrons. The number of benzene rings is 1. The van der Waals surface area contributed by atoms with Crippen molar-refractivity contribution in [2.45, 2.75) is 32.6 Å². The van der Waals surface area contributed by atoms with Gasteiger partial charge in [0.25, 0.3) is 0 Å². The predicted octanol–water partition coefficient (Wildman–Crippen LogP) is 2.25. The molecule has 0 saturated carbocycles. The van der Waals surface area contributed by atoms with Crippen LogP contribution in [0.25, 0.3) is 0 Å². The van der Waals surface area contributed by atoms with E-state index in [0.29, 0.717) is 25.1 Å². The summed E-state index contributed by atoms with van der Waals surface area (Å²) in [6.45, 7) is 3.82. The maximum absolute atomic E-state index is 11.7. The normalized spacial score (nSPS) is 10.3. The Morgan fingerprint density at radius 1 is 1.24 bits per heavy atom. The molecule has 0 unspecified atom stereocenters. The number of unbranched alkanes of at least 4 members (excludes halogenated alkanes) is 1. The third-order valence-electron chi connectivity index (χ3n) is 3.08. The number of nitrogens with one attached hydrogen (secondary N) is 1. The molecule has 1 aromatic rings. The first-order valence-corrected chi connectivity index (χ1v) is 7.30. The number of amides is 1. The van der Waals surface area contributed by atoms with Crippen molar-refractivity contribution in [2.24, 2.45) is 0 Å². The Morgan fingerprint density at radius 3 is 2.71 bits per heavy atom. The van der Waals surface area contributed by atoms with Crippen LogP contribution in [-0.4, -0.2) is 36.7 Å². The molecule has 0 atom stereocenters. The van der Waals surface area contributed by atoms with Gasteiger partial charge in [-0.05, 0) is 24.5 Å². The number of hydrogen-bond acceptors (Lipinski definition) is 3. The van der Waals surface area contributed by atoms with Gasteiger partial charge in [-0.15, -0.1) is 0 Å². The molecule has 21 heavy (non-hydrogen) atoms. The highest BCUT2D eigenvalue weighted by molar-refractivity contribution is 5.89. The van der Waals surface area contributed by atoms with Gasteiger partial charge in [-0.2, -0.15) is 0 Å². The Kier molecular flexibility index (Phi) is 8.12. The molecule has 0 saturated heterocycles. The highest BCUT2D eigenvalue weighted by atomic mass is 16.5. The van der Waals surface area contributed by atoms with Crippen LogP contribution in [0.4, 0.5) is 0 Å². The summed E-state index contributed by atoms with van der Waals surface area (Å²) < 4.78 is 5.35. The number of rotatable bonds is 10. The number of aromatic carboxylic acids is 1. The van der Waals surface area contributed by atoms with Gasteiger partial charge < -0.3 is 15.2 Å². The lowest BCUT2D eigenvalue weighted by Gasteiger charge is -2.07. The van der Waals surface area contributed by atoms with Crippen LogP contribution in [0.2, 0.25) is 0 Å². The minimum atomic E-state index is -0.963. The van der Waals surface area contributed by atoms with E-state index in [1.54, 1.807) is 24.3 Å². The number of carbonyl (C=O) groups excluding carboxylic acids is 1. The zero-order valence-corrected chi connectivity index (χ0v) is 12.4. The Bertz CT molecular complexity index is 459. The molecule has 2 N–H and O–H groups in total. The number of hydrogen-bond donors (Lipinski definition) is 2. The molecule has 0 aliphatic carbocycles. The van der Waals surface area contributed by atoms with Gasteiger partial charge in [0.05, 0.1) is 12.2 Å². The average molecular weight is 293 g/mol. The molecular formula is C16H23NO4.